The monoisotopic (exact) mass is 643 g/mol. The summed E-state index contributed by atoms with van der Waals surface area (Å²) in [5.74, 6) is -1.95. The van der Waals surface area contributed by atoms with Crippen LogP contribution in [-0.2, 0) is 33.3 Å². The number of ether oxygens (including phenoxy) is 5. The molecule has 3 aliphatic heterocycles. The van der Waals surface area contributed by atoms with Crippen LogP contribution in [0.5, 0.6) is 0 Å². The minimum absolute atomic E-state index is 0.00326. The molecule has 0 spiro atoms. The first-order chi connectivity index (χ1) is 20.8. The fourth-order valence-corrected chi connectivity index (χ4v) is 7.67. The van der Waals surface area contributed by atoms with E-state index in [4.69, 9.17) is 23.7 Å². The molecular formula is C33H61N3O9. The van der Waals surface area contributed by atoms with Gasteiger partial charge >= 0.3 is 0 Å². The summed E-state index contributed by atoms with van der Waals surface area (Å²) in [6.45, 7) is 15.4. The van der Waals surface area contributed by atoms with Crippen LogP contribution in [0.2, 0.25) is 0 Å². The third-order valence-electron chi connectivity index (χ3n) is 10.4. The lowest BCUT2D eigenvalue weighted by Crippen LogP contribution is -2.59. The zero-order valence-electron chi connectivity index (χ0n) is 29.6. The highest BCUT2D eigenvalue weighted by molar-refractivity contribution is 5.85. The van der Waals surface area contributed by atoms with E-state index < -0.39 is 60.0 Å². The smallest absolute Gasteiger partial charge is 0.241 e. The Morgan fingerprint density at radius 1 is 1.00 bits per heavy atom. The molecule has 0 aromatic carbocycles. The molecule has 3 aliphatic rings. The van der Waals surface area contributed by atoms with Gasteiger partial charge in [-0.15, -0.1) is 0 Å². The lowest BCUT2D eigenvalue weighted by atomic mass is 9.77. The number of nitrogens with one attached hydrogen (secondary N) is 1. The van der Waals surface area contributed by atoms with Gasteiger partial charge in [0.15, 0.2) is 12.6 Å². The molecule has 12 heteroatoms. The number of amides is 2. The number of nitrogens with zero attached hydrogens (tertiary/aromatic N) is 2. The molecular weight excluding hydrogens is 582 g/mol. The number of likely N-dealkylation sites (N-methyl/N-ethyl adjacent to an activating group) is 1. The van der Waals surface area contributed by atoms with Gasteiger partial charge < -0.3 is 49.0 Å². The van der Waals surface area contributed by atoms with Crippen LogP contribution in [0.3, 0.4) is 0 Å². The molecule has 3 fully saturated rings. The largest absolute Gasteiger partial charge is 0.387 e. The molecule has 262 valence electrons. The minimum Gasteiger partial charge on any atom is -0.387 e. The van der Waals surface area contributed by atoms with Crippen molar-refractivity contribution in [3.05, 3.63) is 0 Å². The molecule has 0 unspecified atom stereocenters. The summed E-state index contributed by atoms with van der Waals surface area (Å²) in [7, 11) is 7.34. The normalized spacial score (nSPS) is 46.2. The van der Waals surface area contributed by atoms with Crippen molar-refractivity contribution < 1.29 is 43.5 Å². The zero-order chi connectivity index (χ0) is 34.0. The molecule has 0 bridgehead atoms. The minimum atomic E-state index is -1.39. The fourth-order valence-electron chi connectivity index (χ4n) is 7.67. The van der Waals surface area contributed by atoms with Gasteiger partial charge in [-0.1, -0.05) is 27.7 Å². The summed E-state index contributed by atoms with van der Waals surface area (Å²) in [5, 5.41) is 25.9. The Labute approximate surface area is 270 Å². The zero-order valence-corrected chi connectivity index (χ0v) is 29.6. The molecule has 0 aromatic heterocycles. The van der Waals surface area contributed by atoms with Crippen LogP contribution < -0.4 is 5.32 Å². The number of hydrogen-bond acceptors (Lipinski definition) is 10. The van der Waals surface area contributed by atoms with Crippen molar-refractivity contribution in [2.75, 3.05) is 41.3 Å². The molecule has 14 atom stereocenters. The van der Waals surface area contributed by atoms with E-state index in [1.807, 2.05) is 41.8 Å². The van der Waals surface area contributed by atoms with E-state index in [0.29, 0.717) is 13.0 Å². The summed E-state index contributed by atoms with van der Waals surface area (Å²) >= 11 is 0. The van der Waals surface area contributed by atoms with Crippen molar-refractivity contribution in [2.24, 2.45) is 23.7 Å². The van der Waals surface area contributed by atoms with Gasteiger partial charge in [0.2, 0.25) is 11.8 Å². The second-order valence-electron chi connectivity index (χ2n) is 14.8. The molecule has 0 aromatic rings. The number of rotatable bonds is 6. The Hall–Kier alpha value is -1.38. The summed E-state index contributed by atoms with van der Waals surface area (Å²) in [4.78, 5) is 30.3. The number of aliphatic hydroxyl groups is 2. The summed E-state index contributed by atoms with van der Waals surface area (Å²) in [6, 6.07) is 0.208. The third kappa shape index (κ3) is 8.95. The van der Waals surface area contributed by atoms with Crippen LogP contribution in [0.25, 0.3) is 0 Å². The average molecular weight is 644 g/mol. The maximum atomic E-state index is 13.6. The van der Waals surface area contributed by atoms with Crippen LogP contribution in [-0.4, -0.2) is 134 Å². The second-order valence-corrected chi connectivity index (χ2v) is 14.8. The van der Waals surface area contributed by atoms with Crippen molar-refractivity contribution in [2.45, 2.75) is 135 Å². The van der Waals surface area contributed by atoms with Gasteiger partial charge in [0.25, 0.3) is 0 Å². The van der Waals surface area contributed by atoms with E-state index in [1.54, 1.807) is 39.8 Å². The first kappa shape index (κ1) is 38.1. The number of methoxy groups -OCH3 is 1. The predicted octanol–water partition coefficient (Wildman–Crippen LogP) is 2.00. The van der Waals surface area contributed by atoms with Crippen LogP contribution in [0, 0.1) is 23.7 Å². The van der Waals surface area contributed by atoms with Crippen molar-refractivity contribution in [1.82, 2.24) is 15.1 Å². The Bertz CT molecular complexity index is 998. The highest BCUT2D eigenvalue weighted by Gasteiger charge is 2.51. The van der Waals surface area contributed by atoms with Crippen molar-refractivity contribution >= 4 is 11.8 Å². The Kier molecular flexibility index (Phi) is 12.9. The number of hydrogen-bond donors (Lipinski definition) is 3. The van der Waals surface area contributed by atoms with Gasteiger partial charge in [-0.05, 0) is 60.5 Å². The topological polar surface area (TPSA) is 139 Å². The van der Waals surface area contributed by atoms with Crippen molar-refractivity contribution in [3.63, 3.8) is 0 Å². The molecule has 45 heavy (non-hydrogen) atoms. The standard InChI is InChI=1S/C33H61N3O9/c1-18-14-32(7,40)29(45-31-20(3)24(35(9)10)13-19(2)42-31)21(4)27(22(5)30(39)34-16-25(37)36(11)17-18)44-26-15-33(8,41-12)28(38)23(6)43-26/h18-24,26-29,31,38,40H,13-17H2,1-12H3,(H,34,39)/t18-,19-,20-,21+,22-,23+,24+,26+,27+,28+,29-,31+,32-,33-/m1/s1. The highest BCUT2D eigenvalue weighted by Crippen LogP contribution is 2.40. The quantitative estimate of drug-likeness (QED) is 0.394. The van der Waals surface area contributed by atoms with E-state index in [0.717, 1.165) is 6.42 Å². The van der Waals surface area contributed by atoms with E-state index in [1.165, 1.54) is 0 Å². The van der Waals surface area contributed by atoms with Crippen molar-refractivity contribution in [1.29, 1.82) is 0 Å². The molecule has 2 amide bonds. The molecule has 3 heterocycles. The molecule has 3 N–H and O–H groups in total. The van der Waals surface area contributed by atoms with E-state index >= 15 is 0 Å². The molecule has 0 aliphatic carbocycles. The van der Waals surface area contributed by atoms with Gasteiger partial charge in [-0.3, -0.25) is 9.59 Å². The van der Waals surface area contributed by atoms with Gasteiger partial charge in [0.05, 0.1) is 48.1 Å². The molecule has 0 saturated carbocycles. The summed E-state index contributed by atoms with van der Waals surface area (Å²) < 4.78 is 31.7. The number of carbonyl (C=O) groups is 2. The Balaban J connectivity index is 2.06. The SMILES string of the molecule is CO[C@]1(C)C[C@H](O[C@H]2[C@H](C)[C@@H](O[C@@H]3O[C@H](C)C[C@H](N(C)C)[C@H]3C)[C@](C)(O)C[C@@H](C)CN(C)C(=O)CNC(=O)[C@@H]2C)O[C@@H](C)[C@@H]1O. The fraction of sp³-hybridized carbons (Fsp3) is 0.939. The molecule has 0 radical (unpaired) electrons. The van der Waals surface area contributed by atoms with Crippen LogP contribution in [0.4, 0.5) is 0 Å². The molecule has 3 rings (SSSR count). The van der Waals surface area contributed by atoms with E-state index in [-0.39, 0.29) is 48.8 Å². The maximum Gasteiger partial charge on any atom is 0.241 e. The number of aliphatic hydroxyl groups excluding tert-OH is 1. The van der Waals surface area contributed by atoms with Gasteiger partial charge in [0, 0.05) is 45.0 Å². The summed E-state index contributed by atoms with van der Waals surface area (Å²) in [6.07, 6.45) is -3.16. The molecule has 3 saturated heterocycles. The highest BCUT2D eigenvalue weighted by atomic mass is 16.7. The number of carbonyl (C=O) groups excluding carboxylic acids is 2. The lowest BCUT2D eigenvalue weighted by molar-refractivity contribution is -0.312. The second kappa shape index (κ2) is 15.2. The molecule has 12 nitrogen and oxygen atoms in total. The van der Waals surface area contributed by atoms with Crippen LogP contribution >= 0.6 is 0 Å². The van der Waals surface area contributed by atoms with Crippen LogP contribution in [0.1, 0.15) is 74.7 Å². The first-order valence-electron chi connectivity index (χ1n) is 16.6. The van der Waals surface area contributed by atoms with E-state index in [2.05, 4.69) is 17.1 Å². The van der Waals surface area contributed by atoms with Crippen LogP contribution in [0.15, 0.2) is 0 Å². The van der Waals surface area contributed by atoms with E-state index in [9.17, 15) is 19.8 Å². The third-order valence-corrected chi connectivity index (χ3v) is 10.4. The lowest BCUT2D eigenvalue weighted by Gasteiger charge is -2.49. The van der Waals surface area contributed by atoms with Crippen molar-refractivity contribution in [3.8, 4) is 0 Å². The first-order valence-corrected chi connectivity index (χ1v) is 16.6. The predicted molar refractivity (Wildman–Crippen MR) is 169 cm³/mol. The Morgan fingerprint density at radius 2 is 1.64 bits per heavy atom. The summed E-state index contributed by atoms with van der Waals surface area (Å²) in [5.41, 5.74) is -2.32. The Morgan fingerprint density at radius 3 is 2.24 bits per heavy atom. The van der Waals surface area contributed by atoms with Gasteiger partial charge in [-0.2, -0.15) is 0 Å². The van der Waals surface area contributed by atoms with Gasteiger partial charge in [-0.25, -0.2) is 0 Å². The average Bonchev–Trinajstić information content (AvgIpc) is 2.95. The maximum absolute atomic E-state index is 13.6. The van der Waals surface area contributed by atoms with Gasteiger partial charge in [0.1, 0.15) is 6.10 Å².